The lowest BCUT2D eigenvalue weighted by Gasteiger charge is -2.16. The Kier molecular flexibility index (Phi) is 4.57. The molecule has 0 radical (unpaired) electrons. The summed E-state index contributed by atoms with van der Waals surface area (Å²) < 4.78 is 54.0. The van der Waals surface area contributed by atoms with E-state index in [1.165, 1.54) is 25.3 Å². The van der Waals surface area contributed by atoms with Crippen LogP contribution >= 0.6 is 0 Å². The number of carbonyl (C=O) groups is 1. The lowest BCUT2D eigenvalue weighted by molar-refractivity contribution is -0.123. The van der Waals surface area contributed by atoms with Gasteiger partial charge in [0, 0.05) is 5.69 Å². The molecule has 8 heteroatoms. The Morgan fingerprint density at radius 2 is 2.11 bits per heavy atom. The molecule has 0 spiro atoms. The Bertz CT molecular complexity index is 466. The SMILES string of the molecule is COc1ccc(N)c(C(=O)NCC(F)(F)C(F)F)c1. The molecule has 1 rings (SSSR count). The normalized spacial score (nSPS) is 11.5. The Morgan fingerprint density at radius 3 is 2.63 bits per heavy atom. The number of amides is 1. The van der Waals surface area contributed by atoms with Crippen molar-refractivity contribution in [3.63, 3.8) is 0 Å². The molecular formula is C11H12F4N2O2. The minimum absolute atomic E-state index is 0.0265. The van der Waals surface area contributed by atoms with E-state index < -0.39 is 24.8 Å². The second-order valence-electron chi connectivity index (χ2n) is 3.70. The zero-order valence-corrected chi connectivity index (χ0v) is 9.92. The third-order valence-corrected chi connectivity index (χ3v) is 2.31. The van der Waals surface area contributed by atoms with Crippen LogP contribution in [0.5, 0.6) is 5.75 Å². The van der Waals surface area contributed by atoms with Gasteiger partial charge in [0.2, 0.25) is 0 Å². The standard InChI is InChI=1S/C11H12F4N2O2/c1-19-6-2-3-8(16)7(4-6)9(18)17-5-11(14,15)10(12)13/h2-4,10H,5,16H2,1H3,(H,17,18). The number of halogens is 4. The molecule has 0 saturated heterocycles. The first-order valence-electron chi connectivity index (χ1n) is 5.15. The Balaban J connectivity index is 2.79. The van der Waals surface area contributed by atoms with Crippen molar-refractivity contribution in [2.45, 2.75) is 12.3 Å². The van der Waals surface area contributed by atoms with Crippen molar-refractivity contribution < 1.29 is 27.1 Å². The monoisotopic (exact) mass is 280 g/mol. The lowest BCUT2D eigenvalue weighted by atomic mass is 10.1. The van der Waals surface area contributed by atoms with E-state index in [4.69, 9.17) is 10.5 Å². The van der Waals surface area contributed by atoms with Gasteiger partial charge in [0.1, 0.15) is 5.75 Å². The van der Waals surface area contributed by atoms with Gasteiger partial charge in [-0.25, -0.2) is 8.78 Å². The number of benzene rings is 1. The molecule has 0 aromatic heterocycles. The van der Waals surface area contributed by atoms with E-state index in [2.05, 4.69) is 0 Å². The maximum Gasteiger partial charge on any atom is 0.324 e. The highest BCUT2D eigenvalue weighted by Gasteiger charge is 2.40. The third kappa shape index (κ3) is 3.73. The maximum atomic E-state index is 12.6. The number of nitrogens with two attached hydrogens (primary N) is 1. The van der Waals surface area contributed by atoms with Gasteiger partial charge in [-0.1, -0.05) is 0 Å². The smallest absolute Gasteiger partial charge is 0.324 e. The number of alkyl halides is 4. The molecule has 1 aromatic rings. The van der Waals surface area contributed by atoms with Crippen LogP contribution in [0.3, 0.4) is 0 Å². The topological polar surface area (TPSA) is 64.3 Å². The molecule has 0 bridgehead atoms. The third-order valence-electron chi connectivity index (χ3n) is 2.31. The van der Waals surface area contributed by atoms with E-state index >= 15 is 0 Å². The van der Waals surface area contributed by atoms with E-state index in [1.54, 1.807) is 5.32 Å². The van der Waals surface area contributed by atoms with Crippen LogP contribution in [0.4, 0.5) is 23.2 Å². The molecule has 3 N–H and O–H groups in total. The van der Waals surface area contributed by atoms with Crippen molar-refractivity contribution in [3.8, 4) is 5.75 Å². The number of nitrogen functional groups attached to an aromatic ring is 1. The summed E-state index contributed by atoms with van der Waals surface area (Å²) >= 11 is 0. The fourth-order valence-corrected chi connectivity index (χ4v) is 1.23. The Hall–Kier alpha value is -1.99. The van der Waals surface area contributed by atoms with Gasteiger partial charge in [0.05, 0.1) is 19.2 Å². The first-order chi connectivity index (χ1) is 8.77. The molecule has 0 aliphatic carbocycles. The molecule has 0 saturated carbocycles. The Morgan fingerprint density at radius 1 is 1.47 bits per heavy atom. The van der Waals surface area contributed by atoms with E-state index in [1.807, 2.05) is 0 Å². The molecule has 0 aliphatic rings. The summed E-state index contributed by atoms with van der Waals surface area (Å²) in [7, 11) is 1.35. The molecule has 1 aromatic carbocycles. The van der Waals surface area contributed by atoms with E-state index in [0.29, 0.717) is 5.75 Å². The average molecular weight is 280 g/mol. The fourth-order valence-electron chi connectivity index (χ4n) is 1.23. The van der Waals surface area contributed by atoms with Crippen LogP contribution in [0, 0.1) is 0 Å². The zero-order valence-electron chi connectivity index (χ0n) is 9.92. The number of rotatable bonds is 5. The van der Waals surface area contributed by atoms with Gasteiger partial charge in [0.15, 0.2) is 0 Å². The minimum Gasteiger partial charge on any atom is -0.497 e. The predicted molar refractivity (Wildman–Crippen MR) is 60.7 cm³/mol. The van der Waals surface area contributed by atoms with Crippen molar-refractivity contribution in [2.24, 2.45) is 0 Å². The number of hydrogen-bond donors (Lipinski definition) is 2. The number of methoxy groups -OCH3 is 1. The van der Waals surface area contributed by atoms with Crippen molar-refractivity contribution >= 4 is 11.6 Å². The van der Waals surface area contributed by atoms with Gasteiger partial charge in [-0.2, -0.15) is 8.78 Å². The highest BCUT2D eigenvalue weighted by atomic mass is 19.3. The summed E-state index contributed by atoms with van der Waals surface area (Å²) in [4.78, 5) is 11.6. The fraction of sp³-hybridized carbons (Fsp3) is 0.364. The van der Waals surface area contributed by atoms with Crippen LogP contribution < -0.4 is 15.8 Å². The number of anilines is 1. The van der Waals surface area contributed by atoms with Crippen LogP contribution in [0.25, 0.3) is 0 Å². The average Bonchev–Trinajstić information content (AvgIpc) is 2.36. The number of ether oxygens (including phenoxy) is 1. The van der Waals surface area contributed by atoms with Crippen LogP contribution in [-0.2, 0) is 0 Å². The van der Waals surface area contributed by atoms with Gasteiger partial charge in [0.25, 0.3) is 5.91 Å². The number of nitrogens with one attached hydrogen (secondary N) is 1. The van der Waals surface area contributed by atoms with Gasteiger partial charge in [-0.3, -0.25) is 4.79 Å². The molecule has 0 unspecified atom stereocenters. The van der Waals surface area contributed by atoms with Gasteiger partial charge in [-0.15, -0.1) is 0 Å². The van der Waals surface area contributed by atoms with Crippen molar-refractivity contribution in [1.29, 1.82) is 0 Å². The first-order valence-corrected chi connectivity index (χ1v) is 5.15. The number of hydrogen-bond acceptors (Lipinski definition) is 3. The molecule has 0 fully saturated rings. The molecular weight excluding hydrogens is 268 g/mol. The number of carbonyl (C=O) groups excluding carboxylic acids is 1. The summed E-state index contributed by atoms with van der Waals surface area (Å²) in [6, 6.07) is 4.05. The highest BCUT2D eigenvalue weighted by molar-refractivity contribution is 5.99. The summed E-state index contributed by atoms with van der Waals surface area (Å²) in [5.74, 6) is -4.97. The largest absolute Gasteiger partial charge is 0.497 e. The van der Waals surface area contributed by atoms with E-state index in [0.717, 1.165) is 0 Å². The molecule has 0 aliphatic heterocycles. The molecule has 1 amide bonds. The first kappa shape index (κ1) is 15.1. The lowest BCUT2D eigenvalue weighted by Crippen LogP contribution is -2.41. The van der Waals surface area contributed by atoms with Crippen LogP contribution in [0.1, 0.15) is 10.4 Å². The molecule has 106 valence electrons. The zero-order chi connectivity index (χ0) is 14.6. The second-order valence-corrected chi connectivity index (χ2v) is 3.70. The predicted octanol–water partition coefficient (Wildman–Crippen LogP) is 1.91. The summed E-state index contributed by atoms with van der Waals surface area (Å²) in [6.45, 7) is -1.47. The molecule has 4 nitrogen and oxygen atoms in total. The summed E-state index contributed by atoms with van der Waals surface area (Å²) in [5.41, 5.74) is 5.40. The van der Waals surface area contributed by atoms with E-state index in [9.17, 15) is 22.4 Å². The van der Waals surface area contributed by atoms with Gasteiger partial charge < -0.3 is 15.8 Å². The second kappa shape index (κ2) is 5.77. The van der Waals surface area contributed by atoms with Crippen LogP contribution in [0.15, 0.2) is 18.2 Å². The molecule has 19 heavy (non-hydrogen) atoms. The van der Waals surface area contributed by atoms with Crippen LogP contribution in [0.2, 0.25) is 0 Å². The van der Waals surface area contributed by atoms with Crippen molar-refractivity contribution in [3.05, 3.63) is 23.8 Å². The van der Waals surface area contributed by atoms with Gasteiger partial charge in [-0.05, 0) is 18.2 Å². The van der Waals surface area contributed by atoms with Crippen LogP contribution in [-0.4, -0.2) is 31.9 Å². The summed E-state index contributed by atoms with van der Waals surface area (Å²) in [5, 5.41) is 1.71. The van der Waals surface area contributed by atoms with E-state index in [-0.39, 0.29) is 11.3 Å². The Labute approximate surface area is 106 Å². The van der Waals surface area contributed by atoms with Crippen molar-refractivity contribution in [1.82, 2.24) is 5.32 Å². The molecule has 0 heterocycles. The summed E-state index contributed by atoms with van der Waals surface area (Å²) in [6.07, 6.45) is -3.85. The highest BCUT2D eigenvalue weighted by Crippen LogP contribution is 2.23. The molecule has 0 atom stereocenters. The minimum atomic E-state index is -4.29. The quantitative estimate of drug-likeness (QED) is 0.639. The van der Waals surface area contributed by atoms with Crippen molar-refractivity contribution in [2.75, 3.05) is 19.4 Å². The van der Waals surface area contributed by atoms with Gasteiger partial charge >= 0.3 is 12.3 Å². The maximum absolute atomic E-state index is 12.6.